The summed E-state index contributed by atoms with van der Waals surface area (Å²) in [4.78, 5) is 26.5. The Kier molecular flexibility index (Phi) is 7.65. The number of hydrogen-bond donors (Lipinski definition) is 2. The van der Waals surface area contributed by atoms with Gasteiger partial charge in [-0.3, -0.25) is 9.59 Å². The summed E-state index contributed by atoms with van der Waals surface area (Å²) in [7, 11) is 0. The largest absolute Gasteiger partial charge is 0.493 e. The Balaban J connectivity index is 1.76. The lowest BCUT2D eigenvalue weighted by molar-refractivity contribution is -0.121. The molecule has 0 radical (unpaired) electrons. The molecule has 148 valence electrons. The fraction of sp³-hybridized carbons (Fsp3) is 0.381. The fourth-order valence-corrected chi connectivity index (χ4v) is 3.23. The van der Waals surface area contributed by atoms with Gasteiger partial charge in [-0.15, -0.1) is 0 Å². The number of hydrogen-bond acceptors (Lipinski definition) is 4. The number of aryl methyl sites for hydroxylation is 2. The van der Waals surface area contributed by atoms with Gasteiger partial charge in [-0.1, -0.05) is 11.6 Å². The van der Waals surface area contributed by atoms with Crippen LogP contribution in [0.1, 0.15) is 40.8 Å². The number of halogens is 1. The summed E-state index contributed by atoms with van der Waals surface area (Å²) < 4.78 is 5.70. The number of aromatic amines is 1. The van der Waals surface area contributed by atoms with Crippen LogP contribution in [0.25, 0.3) is 0 Å². The number of H-pyrrole nitrogens is 1. The molecule has 2 N–H and O–H groups in total. The number of pyridine rings is 1. The standard InChI is InChI=1S/C21H24ClN3O3/c1-13-11-16(22)5-7-19(13)28-10-4-9-24-20(26)8-6-17-14(2)18(12-23)21(27)25-15(17)3/h5,7,11H,4,6,8-10H2,1-3H3,(H,24,26)(H,25,27). The zero-order chi connectivity index (χ0) is 20.7. The topological polar surface area (TPSA) is 95.0 Å². The van der Waals surface area contributed by atoms with Crippen molar-refractivity contribution in [1.29, 1.82) is 5.26 Å². The number of benzene rings is 1. The first-order valence-electron chi connectivity index (χ1n) is 9.11. The van der Waals surface area contributed by atoms with Crippen molar-refractivity contribution in [3.8, 4) is 11.8 Å². The van der Waals surface area contributed by atoms with E-state index in [0.717, 1.165) is 16.9 Å². The molecule has 0 saturated heterocycles. The first-order chi connectivity index (χ1) is 13.3. The lowest BCUT2D eigenvalue weighted by Gasteiger charge is -2.12. The predicted octanol–water partition coefficient (Wildman–Crippen LogP) is 3.34. The Bertz CT molecular complexity index is 961. The van der Waals surface area contributed by atoms with Crippen molar-refractivity contribution in [2.24, 2.45) is 0 Å². The number of nitriles is 1. The summed E-state index contributed by atoms with van der Waals surface area (Å²) in [5.41, 5.74) is 2.87. The Morgan fingerprint density at radius 3 is 2.75 bits per heavy atom. The van der Waals surface area contributed by atoms with Crippen molar-refractivity contribution in [3.05, 3.63) is 61.5 Å². The molecule has 0 aliphatic heterocycles. The summed E-state index contributed by atoms with van der Waals surface area (Å²) in [5.74, 6) is 0.708. The van der Waals surface area contributed by atoms with Crippen molar-refractivity contribution in [2.45, 2.75) is 40.0 Å². The zero-order valence-electron chi connectivity index (χ0n) is 16.3. The highest BCUT2D eigenvalue weighted by Gasteiger charge is 2.13. The molecule has 0 unspecified atom stereocenters. The fourth-order valence-electron chi connectivity index (χ4n) is 3.00. The molecule has 1 heterocycles. The summed E-state index contributed by atoms with van der Waals surface area (Å²) in [6.45, 7) is 6.45. The van der Waals surface area contributed by atoms with Crippen LogP contribution in [0.3, 0.4) is 0 Å². The van der Waals surface area contributed by atoms with Gasteiger partial charge in [0.2, 0.25) is 5.91 Å². The Hall–Kier alpha value is -2.78. The Morgan fingerprint density at radius 1 is 1.32 bits per heavy atom. The van der Waals surface area contributed by atoms with Gasteiger partial charge in [0.05, 0.1) is 6.61 Å². The van der Waals surface area contributed by atoms with Gasteiger partial charge in [0.1, 0.15) is 17.4 Å². The average molecular weight is 402 g/mol. The number of ether oxygens (including phenoxy) is 1. The van der Waals surface area contributed by atoms with E-state index in [2.05, 4.69) is 10.3 Å². The third-order valence-electron chi connectivity index (χ3n) is 4.56. The third kappa shape index (κ3) is 5.61. The number of carbonyl (C=O) groups is 1. The van der Waals surface area contributed by atoms with Crippen molar-refractivity contribution in [1.82, 2.24) is 10.3 Å². The van der Waals surface area contributed by atoms with Crippen LogP contribution in [0, 0.1) is 32.1 Å². The minimum atomic E-state index is -0.387. The van der Waals surface area contributed by atoms with E-state index < -0.39 is 0 Å². The molecular weight excluding hydrogens is 378 g/mol. The quantitative estimate of drug-likeness (QED) is 0.663. The van der Waals surface area contributed by atoms with E-state index in [4.69, 9.17) is 21.6 Å². The van der Waals surface area contributed by atoms with Gasteiger partial charge in [0.25, 0.3) is 5.56 Å². The van der Waals surface area contributed by atoms with E-state index >= 15 is 0 Å². The molecule has 0 aliphatic carbocycles. The lowest BCUT2D eigenvalue weighted by atomic mass is 9.99. The summed E-state index contributed by atoms with van der Waals surface area (Å²) in [5, 5.41) is 12.6. The smallest absolute Gasteiger partial charge is 0.266 e. The number of carbonyl (C=O) groups excluding carboxylic acids is 1. The summed E-state index contributed by atoms with van der Waals surface area (Å²) in [6.07, 6.45) is 1.44. The van der Waals surface area contributed by atoms with Crippen molar-refractivity contribution >= 4 is 17.5 Å². The van der Waals surface area contributed by atoms with Crippen LogP contribution in [-0.2, 0) is 11.2 Å². The van der Waals surface area contributed by atoms with Gasteiger partial charge < -0.3 is 15.0 Å². The van der Waals surface area contributed by atoms with Crippen LogP contribution in [0.5, 0.6) is 5.75 Å². The molecule has 2 aromatic rings. The number of nitrogens with zero attached hydrogens (tertiary/aromatic N) is 1. The molecule has 2 rings (SSSR count). The van der Waals surface area contributed by atoms with E-state index in [1.165, 1.54) is 0 Å². The molecule has 6 nitrogen and oxygen atoms in total. The maximum Gasteiger partial charge on any atom is 0.266 e. The molecule has 0 saturated carbocycles. The second-order valence-corrected chi connectivity index (χ2v) is 7.07. The number of aromatic nitrogens is 1. The van der Waals surface area contributed by atoms with Crippen molar-refractivity contribution in [3.63, 3.8) is 0 Å². The van der Waals surface area contributed by atoms with Gasteiger partial charge >= 0.3 is 0 Å². The maximum atomic E-state index is 12.1. The number of amides is 1. The molecule has 0 fully saturated rings. The molecule has 7 heteroatoms. The lowest BCUT2D eigenvalue weighted by Crippen LogP contribution is -2.26. The predicted molar refractivity (Wildman–Crippen MR) is 109 cm³/mol. The molecule has 0 bridgehead atoms. The Morgan fingerprint density at radius 2 is 2.07 bits per heavy atom. The second-order valence-electron chi connectivity index (χ2n) is 6.63. The minimum absolute atomic E-state index is 0.0776. The van der Waals surface area contributed by atoms with Crippen LogP contribution in [0.15, 0.2) is 23.0 Å². The van der Waals surface area contributed by atoms with Crippen LogP contribution in [-0.4, -0.2) is 24.0 Å². The summed E-state index contributed by atoms with van der Waals surface area (Å²) in [6, 6.07) is 7.38. The third-order valence-corrected chi connectivity index (χ3v) is 4.80. The normalized spacial score (nSPS) is 10.4. The van der Waals surface area contributed by atoms with Crippen LogP contribution in [0.4, 0.5) is 0 Å². The highest BCUT2D eigenvalue weighted by Crippen LogP contribution is 2.21. The van der Waals surface area contributed by atoms with Crippen LogP contribution in [0.2, 0.25) is 5.02 Å². The van der Waals surface area contributed by atoms with E-state index in [9.17, 15) is 9.59 Å². The highest BCUT2D eigenvalue weighted by molar-refractivity contribution is 6.30. The molecule has 0 spiro atoms. The SMILES string of the molecule is Cc1cc(Cl)ccc1OCCCNC(=O)CCc1c(C)[nH]c(=O)c(C#N)c1C. The van der Waals surface area contributed by atoms with E-state index in [-0.39, 0.29) is 23.5 Å². The number of rotatable bonds is 8. The molecule has 1 amide bonds. The molecule has 28 heavy (non-hydrogen) atoms. The van der Waals surface area contributed by atoms with Crippen LogP contribution < -0.4 is 15.6 Å². The van der Waals surface area contributed by atoms with Crippen LogP contribution >= 0.6 is 11.6 Å². The van der Waals surface area contributed by atoms with E-state index in [0.29, 0.717) is 42.3 Å². The van der Waals surface area contributed by atoms with Crippen molar-refractivity contribution in [2.75, 3.05) is 13.2 Å². The van der Waals surface area contributed by atoms with E-state index in [1.54, 1.807) is 19.9 Å². The number of nitrogens with one attached hydrogen (secondary N) is 2. The maximum absolute atomic E-state index is 12.1. The molecule has 0 atom stereocenters. The van der Waals surface area contributed by atoms with Crippen molar-refractivity contribution < 1.29 is 9.53 Å². The minimum Gasteiger partial charge on any atom is -0.493 e. The first kappa shape index (κ1) is 21.5. The van der Waals surface area contributed by atoms with Gasteiger partial charge in [-0.25, -0.2) is 0 Å². The van der Waals surface area contributed by atoms with Gasteiger partial charge in [-0.2, -0.15) is 5.26 Å². The van der Waals surface area contributed by atoms with Gasteiger partial charge in [0, 0.05) is 23.7 Å². The molecular formula is C21H24ClN3O3. The molecule has 1 aromatic heterocycles. The zero-order valence-corrected chi connectivity index (χ0v) is 17.1. The van der Waals surface area contributed by atoms with Gasteiger partial charge in [0.15, 0.2) is 0 Å². The van der Waals surface area contributed by atoms with Gasteiger partial charge in [-0.05, 0) is 68.5 Å². The first-order valence-corrected chi connectivity index (χ1v) is 9.49. The molecule has 1 aromatic carbocycles. The monoisotopic (exact) mass is 401 g/mol. The van der Waals surface area contributed by atoms with E-state index in [1.807, 2.05) is 25.1 Å². The average Bonchev–Trinajstić information content (AvgIpc) is 2.63. The summed E-state index contributed by atoms with van der Waals surface area (Å²) >= 11 is 5.92. The Labute approximate surface area is 169 Å². The second kappa shape index (κ2) is 9.95. The molecule has 0 aliphatic rings. The highest BCUT2D eigenvalue weighted by atomic mass is 35.5.